The largest absolute Gasteiger partial charge is 0.479 e. The fourth-order valence-electron chi connectivity index (χ4n) is 3.35. The average molecular weight is 366 g/mol. The Morgan fingerprint density at radius 3 is 2.59 bits per heavy atom. The summed E-state index contributed by atoms with van der Waals surface area (Å²) in [6, 6.07) is 17.6. The lowest BCUT2D eigenvalue weighted by molar-refractivity contribution is -0.125. The monoisotopic (exact) mass is 366 g/mol. The normalized spacial score (nSPS) is 17.0. The van der Waals surface area contributed by atoms with Gasteiger partial charge in [-0.25, -0.2) is 0 Å². The molecule has 1 aliphatic rings. The SMILES string of the molecule is CC[C@@H](CNC(=O)CCN1C(=O)[C@@H](C)Oc2ccccc21)c1ccccc1. The van der Waals surface area contributed by atoms with Gasteiger partial charge in [0.05, 0.1) is 5.69 Å². The van der Waals surface area contributed by atoms with E-state index in [1.54, 1.807) is 11.8 Å². The molecule has 2 aromatic rings. The molecule has 0 fully saturated rings. The third-order valence-electron chi connectivity index (χ3n) is 4.95. The molecule has 5 heteroatoms. The van der Waals surface area contributed by atoms with Crippen LogP contribution in [0.4, 0.5) is 5.69 Å². The zero-order valence-electron chi connectivity index (χ0n) is 15.9. The maximum atomic E-state index is 12.5. The molecule has 1 aliphatic heterocycles. The second kappa shape index (κ2) is 8.71. The van der Waals surface area contributed by atoms with E-state index in [4.69, 9.17) is 4.74 Å². The quantitative estimate of drug-likeness (QED) is 0.816. The lowest BCUT2D eigenvalue weighted by atomic mass is 9.96. The summed E-state index contributed by atoms with van der Waals surface area (Å²) in [5.74, 6) is 0.812. The van der Waals surface area contributed by atoms with E-state index < -0.39 is 6.10 Å². The molecule has 142 valence electrons. The van der Waals surface area contributed by atoms with Gasteiger partial charge in [0.25, 0.3) is 5.91 Å². The number of carbonyl (C=O) groups excluding carboxylic acids is 2. The van der Waals surface area contributed by atoms with E-state index in [0.29, 0.717) is 24.8 Å². The second-order valence-corrected chi connectivity index (χ2v) is 6.79. The number of nitrogens with zero attached hydrogens (tertiary/aromatic N) is 1. The molecule has 0 unspecified atom stereocenters. The van der Waals surface area contributed by atoms with Crippen molar-refractivity contribution in [3.8, 4) is 5.75 Å². The molecule has 0 saturated heterocycles. The van der Waals surface area contributed by atoms with Gasteiger partial charge in [-0.1, -0.05) is 49.4 Å². The molecule has 0 radical (unpaired) electrons. The summed E-state index contributed by atoms with van der Waals surface area (Å²) in [4.78, 5) is 26.5. The number of carbonyl (C=O) groups is 2. The topological polar surface area (TPSA) is 58.6 Å². The van der Waals surface area contributed by atoms with E-state index in [0.717, 1.165) is 12.1 Å². The first-order valence-electron chi connectivity index (χ1n) is 9.48. The van der Waals surface area contributed by atoms with Crippen molar-refractivity contribution in [2.45, 2.75) is 38.7 Å². The van der Waals surface area contributed by atoms with Crippen molar-refractivity contribution in [1.82, 2.24) is 5.32 Å². The molecular weight excluding hydrogens is 340 g/mol. The molecule has 2 amide bonds. The van der Waals surface area contributed by atoms with Crippen molar-refractivity contribution in [2.24, 2.45) is 0 Å². The Balaban J connectivity index is 1.57. The zero-order valence-corrected chi connectivity index (χ0v) is 15.9. The number of hydrogen-bond acceptors (Lipinski definition) is 3. The molecule has 0 spiro atoms. The van der Waals surface area contributed by atoms with Crippen LogP contribution in [-0.2, 0) is 9.59 Å². The van der Waals surface area contributed by atoms with E-state index in [9.17, 15) is 9.59 Å². The van der Waals surface area contributed by atoms with Gasteiger partial charge in [-0.05, 0) is 31.0 Å². The van der Waals surface area contributed by atoms with Crippen LogP contribution in [0.5, 0.6) is 5.75 Å². The van der Waals surface area contributed by atoms with E-state index in [2.05, 4.69) is 24.4 Å². The summed E-state index contributed by atoms with van der Waals surface area (Å²) >= 11 is 0. The van der Waals surface area contributed by atoms with Crippen LogP contribution in [0.3, 0.4) is 0 Å². The van der Waals surface area contributed by atoms with Crippen molar-refractivity contribution < 1.29 is 14.3 Å². The number of benzene rings is 2. The number of hydrogen-bond donors (Lipinski definition) is 1. The predicted molar refractivity (Wildman–Crippen MR) is 106 cm³/mol. The maximum absolute atomic E-state index is 12.5. The number of ether oxygens (including phenoxy) is 1. The summed E-state index contributed by atoms with van der Waals surface area (Å²) < 4.78 is 5.63. The Bertz CT molecular complexity index is 791. The molecule has 2 atom stereocenters. The minimum absolute atomic E-state index is 0.0474. The van der Waals surface area contributed by atoms with Crippen LogP contribution in [0.15, 0.2) is 54.6 Å². The Kier molecular flexibility index (Phi) is 6.12. The van der Waals surface area contributed by atoms with Crippen LogP contribution < -0.4 is 15.0 Å². The summed E-state index contributed by atoms with van der Waals surface area (Å²) in [5.41, 5.74) is 1.95. The first-order valence-corrected chi connectivity index (χ1v) is 9.48. The van der Waals surface area contributed by atoms with Gasteiger partial charge < -0.3 is 15.0 Å². The van der Waals surface area contributed by atoms with Crippen LogP contribution in [0, 0.1) is 0 Å². The molecule has 27 heavy (non-hydrogen) atoms. The van der Waals surface area contributed by atoms with Crippen molar-refractivity contribution in [1.29, 1.82) is 0 Å². The standard InChI is InChI=1S/C22H26N2O3/c1-3-17(18-9-5-4-6-10-18)15-23-21(25)13-14-24-19-11-7-8-12-20(19)27-16(2)22(24)26/h4-12,16-17H,3,13-15H2,1-2H3,(H,23,25)/t16-,17+/m1/s1. The first kappa shape index (κ1) is 19.0. The Morgan fingerprint density at radius 1 is 1.15 bits per heavy atom. The third-order valence-corrected chi connectivity index (χ3v) is 4.95. The van der Waals surface area contributed by atoms with Crippen LogP contribution >= 0.6 is 0 Å². The molecule has 2 aromatic carbocycles. The van der Waals surface area contributed by atoms with Crippen LogP contribution in [0.2, 0.25) is 0 Å². The molecule has 0 aromatic heterocycles. The van der Waals surface area contributed by atoms with Crippen molar-refractivity contribution in [2.75, 3.05) is 18.0 Å². The first-order chi connectivity index (χ1) is 13.1. The molecule has 0 bridgehead atoms. The molecule has 1 N–H and O–H groups in total. The van der Waals surface area contributed by atoms with E-state index in [-0.39, 0.29) is 18.2 Å². The number of nitrogens with one attached hydrogen (secondary N) is 1. The van der Waals surface area contributed by atoms with Crippen molar-refractivity contribution >= 4 is 17.5 Å². The average Bonchev–Trinajstić information content (AvgIpc) is 2.69. The summed E-state index contributed by atoms with van der Waals surface area (Å²) in [6.45, 7) is 4.80. The van der Waals surface area contributed by atoms with Gasteiger partial charge in [-0.2, -0.15) is 0 Å². The fourth-order valence-corrected chi connectivity index (χ4v) is 3.35. The molecule has 5 nitrogen and oxygen atoms in total. The smallest absolute Gasteiger partial charge is 0.267 e. The lowest BCUT2D eigenvalue weighted by Crippen LogP contribution is -2.45. The van der Waals surface area contributed by atoms with Crippen molar-refractivity contribution in [3.05, 3.63) is 60.2 Å². The summed E-state index contributed by atoms with van der Waals surface area (Å²) in [7, 11) is 0. The van der Waals surface area contributed by atoms with Crippen LogP contribution in [0.1, 0.15) is 38.2 Å². The fraction of sp³-hybridized carbons (Fsp3) is 0.364. The molecular formula is C22H26N2O3. The van der Waals surface area contributed by atoms with Gasteiger partial charge in [0.15, 0.2) is 6.10 Å². The molecule has 0 aliphatic carbocycles. The highest BCUT2D eigenvalue weighted by Crippen LogP contribution is 2.33. The Hall–Kier alpha value is -2.82. The predicted octanol–water partition coefficient (Wildman–Crippen LogP) is 3.50. The highest BCUT2D eigenvalue weighted by molar-refractivity contribution is 6.00. The van der Waals surface area contributed by atoms with Gasteiger partial charge in [-0.3, -0.25) is 9.59 Å². The summed E-state index contributed by atoms with van der Waals surface area (Å²) in [5, 5.41) is 3.01. The number of rotatable bonds is 7. The van der Waals surface area contributed by atoms with Crippen LogP contribution in [0.25, 0.3) is 0 Å². The van der Waals surface area contributed by atoms with Gasteiger partial charge in [0.2, 0.25) is 5.91 Å². The third kappa shape index (κ3) is 4.48. The number of para-hydroxylation sites is 2. The second-order valence-electron chi connectivity index (χ2n) is 6.79. The molecule has 0 saturated carbocycles. The van der Waals surface area contributed by atoms with E-state index >= 15 is 0 Å². The van der Waals surface area contributed by atoms with Gasteiger partial charge in [0, 0.05) is 25.4 Å². The van der Waals surface area contributed by atoms with Gasteiger partial charge in [-0.15, -0.1) is 0 Å². The zero-order chi connectivity index (χ0) is 19.2. The Labute approximate surface area is 160 Å². The van der Waals surface area contributed by atoms with E-state index in [1.165, 1.54) is 5.56 Å². The number of anilines is 1. The summed E-state index contributed by atoms with van der Waals surface area (Å²) in [6.07, 6.45) is 0.681. The number of amides is 2. The molecule has 3 rings (SSSR count). The minimum Gasteiger partial charge on any atom is -0.479 e. The van der Waals surface area contributed by atoms with Crippen molar-refractivity contribution in [3.63, 3.8) is 0 Å². The van der Waals surface area contributed by atoms with E-state index in [1.807, 2.05) is 42.5 Å². The Morgan fingerprint density at radius 2 is 1.85 bits per heavy atom. The van der Waals surface area contributed by atoms with Gasteiger partial charge >= 0.3 is 0 Å². The maximum Gasteiger partial charge on any atom is 0.267 e. The highest BCUT2D eigenvalue weighted by atomic mass is 16.5. The molecule has 1 heterocycles. The number of fused-ring (bicyclic) bond motifs is 1. The lowest BCUT2D eigenvalue weighted by Gasteiger charge is -2.32. The van der Waals surface area contributed by atoms with Gasteiger partial charge in [0.1, 0.15) is 5.75 Å². The highest BCUT2D eigenvalue weighted by Gasteiger charge is 2.31. The van der Waals surface area contributed by atoms with Crippen LogP contribution in [-0.4, -0.2) is 31.0 Å². The minimum atomic E-state index is -0.537.